The van der Waals surface area contributed by atoms with Crippen molar-refractivity contribution in [1.29, 1.82) is 0 Å². The van der Waals surface area contributed by atoms with Crippen LogP contribution in [0.15, 0.2) is 0 Å². The van der Waals surface area contributed by atoms with Crippen molar-refractivity contribution in [2.24, 2.45) is 5.41 Å². The number of hydrogen-bond acceptors (Lipinski definition) is 2. The van der Waals surface area contributed by atoms with Gasteiger partial charge in [-0.05, 0) is 19.4 Å². The smallest absolute Gasteiger partial charge is 0.138 e. The first-order valence-electron chi connectivity index (χ1n) is 7.10. The fourth-order valence-corrected chi connectivity index (χ4v) is 1.71. The summed E-state index contributed by atoms with van der Waals surface area (Å²) in [5.41, 5.74) is -0.152. The number of unbranched alkanes of at least 4 members (excludes halogenated alkanes) is 4. The zero-order chi connectivity index (χ0) is 13.3. The summed E-state index contributed by atoms with van der Waals surface area (Å²) in [4.78, 5) is 11.7. The van der Waals surface area contributed by atoms with Gasteiger partial charge in [-0.25, -0.2) is 0 Å². The third-order valence-electron chi connectivity index (χ3n) is 2.97. The summed E-state index contributed by atoms with van der Waals surface area (Å²) in [5.74, 6) is 0.402. The number of rotatable bonds is 9. The maximum absolute atomic E-state index is 11.7. The highest BCUT2D eigenvalue weighted by Gasteiger charge is 2.19. The molecule has 0 atom stereocenters. The van der Waals surface area contributed by atoms with Gasteiger partial charge in [-0.15, -0.1) is 0 Å². The summed E-state index contributed by atoms with van der Waals surface area (Å²) in [6.45, 7) is 11.5. The molecule has 0 aromatic carbocycles. The number of hydrogen-bond donors (Lipinski definition) is 1. The highest BCUT2D eigenvalue weighted by molar-refractivity contribution is 5.83. The molecule has 0 aliphatic carbocycles. The molecule has 0 aliphatic rings. The molecule has 2 nitrogen and oxygen atoms in total. The summed E-state index contributed by atoms with van der Waals surface area (Å²) in [6.07, 6.45) is 6.82. The SMILES string of the molecule is CC(C)NCCCCCCCC(=O)C(C)(C)C. The van der Waals surface area contributed by atoms with Crippen molar-refractivity contribution < 1.29 is 4.79 Å². The van der Waals surface area contributed by atoms with E-state index in [0.717, 1.165) is 19.4 Å². The van der Waals surface area contributed by atoms with Crippen LogP contribution in [0.5, 0.6) is 0 Å². The first-order valence-corrected chi connectivity index (χ1v) is 7.10. The molecule has 0 fully saturated rings. The molecule has 102 valence electrons. The van der Waals surface area contributed by atoms with Crippen LogP contribution in [0.1, 0.15) is 73.1 Å². The van der Waals surface area contributed by atoms with Crippen LogP contribution in [0.2, 0.25) is 0 Å². The Balaban J connectivity index is 3.27. The molecule has 0 bridgehead atoms. The first-order chi connectivity index (χ1) is 7.84. The normalized spacial score (nSPS) is 12.1. The summed E-state index contributed by atoms with van der Waals surface area (Å²) in [6, 6.07) is 0.597. The molecular formula is C15H31NO. The van der Waals surface area contributed by atoms with Crippen LogP contribution in [0, 0.1) is 5.41 Å². The highest BCUT2D eigenvalue weighted by Crippen LogP contribution is 2.18. The summed E-state index contributed by atoms with van der Waals surface area (Å²) < 4.78 is 0. The van der Waals surface area contributed by atoms with Gasteiger partial charge < -0.3 is 5.32 Å². The van der Waals surface area contributed by atoms with Crippen molar-refractivity contribution in [2.45, 2.75) is 79.2 Å². The van der Waals surface area contributed by atoms with Crippen LogP contribution in [0.4, 0.5) is 0 Å². The van der Waals surface area contributed by atoms with Crippen LogP contribution < -0.4 is 5.32 Å². The lowest BCUT2D eigenvalue weighted by molar-refractivity contribution is -0.126. The van der Waals surface area contributed by atoms with Crippen LogP contribution in [0.3, 0.4) is 0 Å². The zero-order valence-electron chi connectivity index (χ0n) is 12.4. The maximum Gasteiger partial charge on any atom is 0.138 e. The van der Waals surface area contributed by atoms with Gasteiger partial charge >= 0.3 is 0 Å². The standard InChI is InChI=1S/C15H31NO/c1-13(2)16-12-10-8-6-7-9-11-14(17)15(3,4)5/h13,16H,6-12H2,1-5H3. The number of carbonyl (C=O) groups excluding carboxylic acids is 1. The van der Waals surface area contributed by atoms with Crippen LogP contribution in [0.25, 0.3) is 0 Å². The van der Waals surface area contributed by atoms with Crippen LogP contribution in [-0.4, -0.2) is 18.4 Å². The molecule has 2 heteroatoms. The summed E-state index contributed by atoms with van der Waals surface area (Å²) in [7, 11) is 0. The lowest BCUT2D eigenvalue weighted by Gasteiger charge is -2.16. The van der Waals surface area contributed by atoms with Gasteiger partial charge in [-0.3, -0.25) is 4.79 Å². The van der Waals surface area contributed by atoms with E-state index in [0.29, 0.717) is 11.8 Å². The van der Waals surface area contributed by atoms with Crippen LogP contribution in [-0.2, 0) is 4.79 Å². The predicted octanol–water partition coefficient (Wildman–Crippen LogP) is 3.94. The van der Waals surface area contributed by atoms with E-state index in [9.17, 15) is 4.79 Å². The third-order valence-corrected chi connectivity index (χ3v) is 2.97. The maximum atomic E-state index is 11.7. The molecule has 0 aromatic heterocycles. The fraction of sp³-hybridized carbons (Fsp3) is 0.933. The topological polar surface area (TPSA) is 29.1 Å². The van der Waals surface area contributed by atoms with Gasteiger partial charge in [-0.1, -0.05) is 53.9 Å². The minimum absolute atomic E-state index is 0.152. The van der Waals surface area contributed by atoms with Gasteiger partial charge in [0.15, 0.2) is 0 Å². The van der Waals surface area contributed by atoms with Crippen LogP contribution >= 0.6 is 0 Å². The second kappa shape index (κ2) is 8.68. The molecule has 17 heavy (non-hydrogen) atoms. The molecule has 0 aliphatic heterocycles. The Morgan fingerprint density at radius 1 is 1.00 bits per heavy atom. The molecule has 0 spiro atoms. The molecule has 0 saturated carbocycles. The first kappa shape index (κ1) is 16.6. The van der Waals surface area contributed by atoms with Crippen molar-refractivity contribution in [2.75, 3.05) is 6.54 Å². The van der Waals surface area contributed by atoms with Crippen molar-refractivity contribution in [3.63, 3.8) is 0 Å². The second-order valence-corrected chi connectivity index (χ2v) is 6.30. The van der Waals surface area contributed by atoms with E-state index in [4.69, 9.17) is 0 Å². The Labute approximate surface area is 108 Å². The summed E-state index contributed by atoms with van der Waals surface area (Å²) in [5, 5.41) is 3.42. The average Bonchev–Trinajstić information content (AvgIpc) is 2.19. The van der Waals surface area contributed by atoms with Crippen molar-refractivity contribution in [3.8, 4) is 0 Å². The number of Topliss-reactive ketones (excluding diaryl/α,β-unsaturated/α-hetero) is 1. The fourth-order valence-electron chi connectivity index (χ4n) is 1.71. The average molecular weight is 241 g/mol. The molecule has 0 heterocycles. The Kier molecular flexibility index (Phi) is 8.49. The lowest BCUT2D eigenvalue weighted by Crippen LogP contribution is -2.23. The van der Waals surface area contributed by atoms with E-state index in [2.05, 4.69) is 19.2 Å². The van der Waals surface area contributed by atoms with Gasteiger partial charge in [0.05, 0.1) is 0 Å². The monoisotopic (exact) mass is 241 g/mol. The van der Waals surface area contributed by atoms with E-state index in [1.807, 2.05) is 20.8 Å². The molecule has 0 rings (SSSR count). The number of carbonyl (C=O) groups is 1. The quantitative estimate of drug-likeness (QED) is 0.619. The highest BCUT2D eigenvalue weighted by atomic mass is 16.1. The predicted molar refractivity (Wildman–Crippen MR) is 75.3 cm³/mol. The van der Waals surface area contributed by atoms with Gasteiger partial charge in [-0.2, -0.15) is 0 Å². The van der Waals surface area contributed by atoms with E-state index in [1.165, 1.54) is 25.7 Å². The van der Waals surface area contributed by atoms with Gasteiger partial charge in [0.25, 0.3) is 0 Å². The van der Waals surface area contributed by atoms with E-state index in [-0.39, 0.29) is 5.41 Å². The number of nitrogens with one attached hydrogen (secondary N) is 1. The minimum atomic E-state index is -0.152. The van der Waals surface area contributed by atoms with Gasteiger partial charge in [0.1, 0.15) is 5.78 Å². The van der Waals surface area contributed by atoms with Gasteiger partial charge in [0, 0.05) is 17.9 Å². The third kappa shape index (κ3) is 10.5. The molecule has 0 amide bonds. The molecule has 0 radical (unpaired) electrons. The Morgan fingerprint density at radius 3 is 2.06 bits per heavy atom. The Hall–Kier alpha value is -0.370. The second-order valence-electron chi connectivity index (χ2n) is 6.30. The van der Waals surface area contributed by atoms with E-state index >= 15 is 0 Å². The van der Waals surface area contributed by atoms with Crippen molar-refractivity contribution in [3.05, 3.63) is 0 Å². The summed E-state index contributed by atoms with van der Waals surface area (Å²) >= 11 is 0. The lowest BCUT2D eigenvalue weighted by atomic mass is 9.88. The van der Waals surface area contributed by atoms with Gasteiger partial charge in [0.2, 0.25) is 0 Å². The number of ketones is 1. The molecule has 0 aromatic rings. The van der Waals surface area contributed by atoms with E-state index < -0.39 is 0 Å². The Bertz CT molecular complexity index is 203. The van der Waals surface area contributed by atoms with E-state index in [1.54, 1.807) is 0 Å². The molecule has 0 saturated heterocycles. The molecule has 1 N–H and O–H groups in total. The zero-order valence-corrected chi connectivity index (χ0v) is 12.4. The minimum Gasteiger partial charge on any atom is -0.315 e. The molecular weight excluding hydrogens is 210 g/mol. The van der Waals surface area contributed by atoms with Crippen molar-refractivity contribution in [1.82, 2.24) is 5.32 Å². The Morgan fingerprint density at radius 2 is 1.53 bits per heavy atom. The largest absolute Gasteiger partial charge is 0.315 e. The molecule has 0 unspecified atom stereocenters. The van der Waals surface area contributed by atoms with Crippen molar-refractivity contribution >= 4 is 5.78 Å².